The first-order valence-corrected chi connectivity index (χ1v) is 9.13. The number of halogens is 1. The van der Waals surface area contributed by atoms with Gasteiger partial charge in [0, 0.05) is 28.4 Å². The summed E-state index contributed by atoms with van der Waals surface area (Å²) < 4.78 is 0. The molecule has 3 aromatic rings. The molecule has 0 aliphatic heterocycles. The molecule has 0 spiro atoms. The number of aliphatic hydroxyl groups is 1. The smallest absolute Gasteiger partial charge is 0.267 e. The normalized spacial score (nSPS) is 21.4. The second-order valence-corrected chi connectivity index (χ2v) is 7.45. The SMILES string of the molecule is N#CC[C@@]1(O)CC(NC(=O)c2cc3cc(Cl)ccc3[nH]2)Cc2ccccc21. The summed E-state index contributed by atoms with van der Waals surface area (Å²) in [5.74, 6) is -0.244. The van der Waals surface area contributed by atoms with Gasteiger partial charge in [-0.3, -0.25) is 4.79 Å². The summed E-state index contributed by atoms with van der Waals surface area (Å²) in [6.07, 6.45) is 0.901. The van der Waals surface area contributed by atoms with Gasteiger partial charge < -0.3 is 15.4 Å². The van der Waals surface area contributed by atoms with Crippen molar-refractivity contribution < 1.29 is 9.90 Å². The first-order chi connectivity index (χ1) is 13.0. The van der Waals surface area contributed by atoms with E-state index < -0.39 is 5.60 Å². The highest BCUT2D eigenvalue weighted by Crippen LogP contribution is 2.37. The largest absolute Gasteiger partial charge is 0.384 e. The van der Waals surface area contributed by atoms with E-state index in [-0.39, 0.29) is 18.4 Å². The predicted octanol–water partition coefficient (Wildman–Crippen LogP) is 3.67. The number of carbonyl (C=O) groups excluding carboxylic acids is 1. The third-order valence-corrected chi connectivity index (χ3v) is 5.34. The number of rotatable bonds is 3. The molecule has 1 aliphatic carbocycles. The van der Waals surface area contributed by atoms with Crippen molar-refractivity contribution in [1.29, 1.82) is 5.26 Å². The van der Waals surface area contributed by atoms with Crippen LogP contribution in [0.5, 0.6) is 0 Å². The third kappa shape index (κ3) is 3.30. The second kappa shape index (κ2) is 6.73. The lowest BCUT2D eigenvalue weighted by Gasteiger charge is -2.37. The Bertz CT molecular complexity index is 1070. The minimum atomic E-state index is -1.25. The zero-order chi connectivity index (χ0) is 19.0. The Morgan fingerprint density at radius 1 is 1.33 bits per heavy atom. The summed E-state index contributed by atoms with van der Waals surface area (Å²) in [7, 11) is 0. The quantitative estimate of drug-likeness (QED) is 0.648. The third-order valence-electron chi connectivity index (χ3n) is 5.10. The standard InChI is InChI=1S/C21H18ClN3O2/c22-15-5-6-18-14(9-15)11-19(25-18)20(26)24-16-10-13-3-1-2-4-17(13)21(27,12-16)7-8-23/h1-6,9,11,16,25,27H,7,10,12H2,(H,24,26)/t16?,21-/m1/s1. The van der Waals surface area contributed by atoms with Crippen LogP contribution in [0.4, 0.5) is 0 Å². The Labute approximate surface area is 161 Å². The molecule has 4 rings (SSSR count). The Hall–Kier alpha value is -2.81. The Balaban J connectivity index is 1.58. The van der Waals surface area contributed by atoms with Gasteiger partial charge in [0.1, 0.15) is 11.3 Å². The van der Waals surface area contributed by atoms with Gasteiger partial charge in [-0.1, -0.05) is 35.9 Å². The Morgan fingerprint density at radius 2 is 2.15 bits per heavy atom. The van der Waals surface area contributed by atoms with Crippen LogP contribution in [0.3, 0.4) is 0 Å². The van der Waals surface area contributed by atoms with Crippen LogP contribution in [0.2, 0.25) is 5.02 Å². The van der Waals surface area contributed by atoms with Gasteiger partial charge in [0.25, 0.3) is 5.91 Å². The molecule has 3 N–H and O–H groups in total. The van der Waals surface area contributed by atoms with Crippen molar-refractivity contribution >= 4 is 28.4 Å². The van der Waals surface area contributed by atoms with Gasteiger partial charge in [0.05, 0.1) is 12.5 Å². The lowest BCUT2D eigenvalue weighted by molar-refractivity contribution is 0.0137. The molecule has 2 atom stereocenters. The van der Waals surface area contributed by atoms with E-state index in [2.05, 4.69) is 16.4 Å². The number of nitrogens with zero attached hydrogens (tertiary/aromatic N) is 1. The van der Waals surface area contributed by atoms with Crippen LogP contribution >= 0.6 is 11.6 Å². The van der Waals surface area contributed by atoms with Crippen molar-refractivity contribution in [2.45, 2.75) is 30.9 Å². The highest BCUT2D eigenvalue weighted by atomic mass is 35.5. The maximum atomic E-state index is 12.7. The van der Waals surface area contributed by atoms with Crippen molar-refractivity contribution in [1.82, 2.24) is 10.3 Å². The summed E-state index contributed by atoms with van der Waals surface area (Å²) in [6.45, 7) is 0. The fourth-order valence-corrected chi connectivity index (χ4v) is 4.08. The molecule has 6 heteroatoms. The van der Waals surface area contributed by atoms with Crippen LogP contribution in [0.25, 0.3) is 10.9 Å². The first-order valence-electron chi connectivity index (χ1n) is 8.75. The maximum absolute atomic E-state index is 12.7. The first kappa shape index (κ1) is 17.6. The topological polar surface area (TPSA) is 88.9 Å². The summed E-state index contributed by atoms with van der Waals surface area (Å²) >= 11 is 6.00. The number of benzene rings is 2. The molecule has 1 amide bonds. The molecule has 0 radical (unpaired) electrons. The van der Waals surface area contributed by atoms with E-state index in [4.69, 9.17) is 16.9 Å². The zero-order valence-electron chi connectivity index (χ0n) is 14.5. The van der Waals surface area contributed by atoms with E-state index in [1.54, 1.807) is 18.2 Å². The molecule has 5 nitrogen and oxygen atoms in total. The van der Waals surface area contributed by atoms with E-state index in [0.717, 1.165) is 22.0 Å². The van der Waals surface area contributed by atoms with Gasteiger partial charge in [-0.25, -0.2) is 0 Å². The minimum absolute atomic E-state index is 0.0126. The molecule has 0 saturated carbocycles. The van der Waals surface area contributed by atoms with Crippen molar-refractivity contribution in [3.8, 4) is 6.07 Å². The molecular formula is C21H18ClN3O2. The number of nitrogens with one attached hydrogen (secondary N) is 2. The molecule has 136 valence electrons. The van der Waals surface area contributed by atoms with Gasteiger partial charge in [-0.2, -0.15) is 5.26 Å². The lowest BCUT2D eigenvalue weighted by atomic mass is 9.75. The number of H-pyrrole nitrogens is 1. The maximum Gasteiger partial charge on any atom is 0.267 e. The number of nitriles is 1. The molecule has 0 fully saturated rings. The molecule has 27 heavy (non-hydrogen) atoms. The summed E-state index contributed by atoms with van der Waals surface area (Å²) in [5, 5.41) is 24.6. The average molecular weight is 380 g/mol. The van der Waals surface area contributed by atoms with E-state index in [1.807, 2.05) is 30.3 Å². The van der Waals surface area contributed by atoms with Crippen molar-refractivity contribution in [3.05, 3.63) is 70.4 Å². The van der Waals surface area contributed by atoms with Crippen LogP contribution in [-0.4, -0.2) is 22.0 Å². The van der Waals surface area contributed by atoms with Crippen LogP contribution in [0, 0.1) is 11.3 Å². The van der Waals surface area contributed by atoms with E-state index >= 15 is 0 Å². The minimum Gasteiger partial charge on any atom is -0.384 e. The lowest BCUT2D eigenvalue weighted by Crippen LogP contribution is -2.46. The molecule has 0 bridgehead atoms. The predicted molar refractivity (Wildman–Crippen MR) is 103 cm³/mol. The van der Waals surface area contributed by atoms with E-state index in [0.29, 0.717) is 23.6 Å². The highest BCUT2D eigenvalue weighted by molar-refractivity contribution is 6.31. The molecule has 1 aromatic heterocycles. The van der Waals surface area contributed by atoms with Crippen LogP contribution in [-0.2, 0) is 12.0 Å². The van der Waals surface area contributed by atoms with Crippen LogP contribution < -0.4 is 5.32 Å². The molecule has 2 aromatic carbocycles. The number of hydrogen-bond donors (Lipinski definition) is 3. The Morgan fingerprint density at radius 3 is 2.96 bits per heavy atom. The number of amides is 1. The highest BCUT2D eigenvalue weighted by Gasteiger charge is 2.39. The number of aromatic nitrogens is 1. The van der Waals surface area contributed by atoms with E-state index in [9.17, 15) is 9.90 Å². The number of fused-ring (bicyclic) bond motifs is 2. The van der Waals surface area contributed by atoms with Crippen molar-refractivity contribution in [2.24, 2.45) is 0 Å². The summed E-state index contributed by atoms with van der Waals surface area (Å²) in [4.78, 5) is 15.8. The second-order valence-electron chi connectivity index (χ2n) is 7.02. The average Bonchev–Trinajstić information content (AvgIpc) is 3.05. The number of carbonyl (C=O) groups is 1. The van der Waals surface area contributed by atoms with Gasteiger partial charge in [-0.15, -0.1) is 0 Å². The zero-order valence-corrected chi connectivity index (χ0v) is 15.3. The van der Waals surface area contributed by atoms with Crippen LogP contribution in [0.15, 0.2) is 48.5 Å². The molecule has 0 saturated heterocycles. The van der Waals surface area contributed by atoms with Gasteiger partial charge >= 0.3 is 0 Å². The molecule has 1 aliphatic rings. The monoisotopic (exact) mass is 379 g/mol. The van der Waals surface area contributed by atoms with Crippen LogP contribution in [0.1, 0.15) is 34.5 Å². The molecular weight excluding hydrogens is 362 g/mol. The number of hydrogen-bond acceptors (Lipinski definition) is 3. The number of aromatic amines is 1. The summed E-state index contributed by atoms with van der Waals surface area (Å²) in [6, 6.07) is 16.5. The van der Waals surface area contributed by atoms with Gasteiger partial charge in [-0.05, 0) is 41.8 Å². The fraction of sp³-hybridized carbons (Fsp3) is 0.238. The van der Waals surface area contributed by atoms with Gasteiger partial charge in [0.15, 0.2) is 0 Å². The molecule has 1 unspecified atom stereocenters. The Kier molecular flexibility index (Phi) is 4.39. The van der Waals surface area contributed by atoms with Crippen molar-refractivity contribution in [3.63, 3.8) is 0 Å². The fourth-order valence-electron chi connectivity index (χ4n) is 3.90. The van der Waals surface area contributed by atoms with E-state index in [1.165, 1.54) is 0 Å². The molecule has 1 heterocycles. The van der Waals surface area contributed by atoms with Gasteiger partial charge in [0.2, 0.25) is 0 Å². The summed E-state index contributed by atoms with van der Waals surface area (Å²) in [5.41, 5.74) is 1.75. The van der Waals surface area contributed by atoms with Crippen molar-refractivity contribution in [2.75, 3.05) is 0 Å².